The maximum Gasteiger partial charge on any atom is 0.354 e. The van der Waals surface area contributed by atoms with Crippen LogP contribution in [0.4, 0.5) is 5.69 Å². The van der Waals surface area contributed by atoms with Crippen molar-refractivity contribution < 1.29 is 58.9 Å². The zero-order valence-corrected chi connectivity index (χ0v) is 61.2. The van der Waals surface area contributed by atoms with Crippen molar-refractivity contribution in [3.63, 3.8) is 0 Å². The van der Waals surface area contributed by atoms with Crippen LogP contribution in [0.2, 0.25) is 10.0 Å². The monoisotopic (exact) mass is 1470 g/mol. The minimum atomic E-state index is -0.880. The van der Waals surface area contributed by atoms with Crippen molar-refractivity contribution in [1.29, 1.82) is 0 Å². The summed E-state index contributed by atoms with van der Waals surface area (Å²) < 4.78 is 15.1. The van der Waals surface area contributed by atoms with Crippen molar-refractivity contribution in [2.24, 2.45) is 9.98 Å². The molecule has 106 heavy (non-hydrogen) atoms. The number of aliphatic imine (C=N–C) groups is 2. The Morgan fingerprint density at radius 3 is 1.61 bits per heavy atom. The molecule has 0 radical (unpaired) electrons. The van der Waals surface area contributed by atoms with Crippen molar-refractivity contribution in [3.05, 3.63) is 347 Å². The van der Waals surface area contributed by atoms with Gasteiger partial charge in [0.2, 0.25) is 0 Å². The molecule has 3 heterocycles. The first-order chi connectivity index (χ1) is 51.3. The Morgan fingerprint density at radius 2 is 1.08 bits per heavy atom. The molecule has 1 atom stereocenters. The molecule has 0 aliphatic carbocycles. The lowest BCUT2D eigenvalue weighted by molar-refractivity contribution is 0.0594. The Kier molecular flexibility index (Phi) is 31.0. The van der Waals surface area contributed by atoms with Crippen LogP contribution in [0, 0.1) is 0 Å². The van der Waals surface area contributed by atoms with Crippen molar-refractivity contribution >= 4 is 109 Å². The van der Waals surface area contributed by atoms with Gasteiger partial charge in [0.15, 0.2) is 23.1 Å². The molecule has 0 amide bonds. The molecule has 1 aliphatic rings. The number of rotatable bonds is 14. The number of carbonyl (C=O) groups is 4. The molecule has 14 rings (SSSR count). The number of fused-ring (bicyclic) bond motifs is 2. The Labute approximate surface area is 627 Å². The molecule has 2 aromatic heterocycles. The maximum atomic E-state index is 11.9. The molecule has 1 unspecified atom stereocenters. The number of carboxylic acids is 1. The van der Waals surface area contributed by atoms with Gasteiger partial charge in [-0.15, -0.1) is 0 Å². The van der Waals surface area contributed by atoms with Crippen molar-refractivity contribution in [2.45, 2.75) is 39.7 Å². The van der Waals surface area contributed by atoms with Crippen LogP contribution in [0.3, 0.4) is 0 Å². The van der Waals surface area contributed by atoms with Crippen molar-refractivity contribution in [3.8, 4) is 28.7 Å². The molecular formula is C87H79Cl2N4O12P. The lowest BCUT2D eigenvalue weighted by Crippen LogP contribution is -2.24. The van der Waals surface area contributed by atoms with E-state index < -0.39 is 13.9 Å². The number of aromatic carboxylic acids is 1. The highest BCUT2D eigenvalue weighted by molar-refractivity contribution is 7.80. The lowest BCUT2D eigenvalue weighted by Gasteiger charge is -2.20. The molecule has 6 N–H and O–H groups in total. The van der Waals surface area contributed by atoms with Gasteiger partial charge in [0.1, 0.15) is 28.6 Å². The van der Waals surface area contributed by atoms with E-state index in [4.69, 9.17) is 32.7 Å². The summed E-state index contributed by atoms with van der Waals surface area (Å²) in [5, 5.41) is 55.0. The molecule has 0 bridgehead atoms. The van der Waals surface area contributed by atoms with Gasteiger partial charge in [0.05, 0.1) is 48.7 Å². The highest BCUT2D eigenvalue weighted by atomic mass is 35.5. The van der Waals surface area contributed by atoms with Gasteiger partial charge in [-0.05, 0) is 152 Å². The minimum Gasteiger partial charge on any atom is -0.507 e. The molecule has 1 fully saturated rings. The van der Waals surface area contributed by atoms with E-state index in [1.54, 1.807) is 117 Å². The van der Waals surface area contributed by atoms with Gasteiger partial charge >= 0.3 is 11.9 Å². The maximum absolute atomic E-state index is 11.9. The van der Waals surface area contributed by atoms with E-state index in [0.29, 0.717) is 56.7 Å². The summed E-state index contributed by atoms with van der Waals surface area (Å²) in [7, 11) is 2.03. The van der Waals surface area contributed by atoms with Gasteiger partial charge in [-0.3, -0.25) is 24.6 Å². The van der Waals surface area contributed by atoms with Crippen LogP contribution in [0.5, 0.6) is 28.7 Å². The highest BCUT2D eigenvalue weighted by Gasteiger charge is 2.22. The number of phenols is 4. The van der Waals surface area contributed by atoms with Gasteiger partial charge < -0.3 is 44.7 Å². The smallest absolute Gasteiger partial charge is 0.354 e. The summed E-state index contributed by atoms with van der Waals surface area (Å²) in [5.74, 6) is -0.365. The largest absolute Gasteiger partial charge is 0.507 e. The standard InChI is InChI=1S/C19H15O2P.C14H11Cl2NO.C13H17NO2.C13H10O2.C11H10O2.C10H9NO2.C7H7NO/c20-19(21)17-13-7-8-14-18(17)22(15-9-3-1-4-10-15)16-11-5-2-6-12-16;1-9(17-11-5-3-2-4-6-11)12-7-10(15)8-13(16)14(12)18;1-10(12-6-2-3-7-13(12)15)14-9-11-5-4-8-16-11;14-12-9-5-4-8-11(12)13(15)10-6-2-1-3-7-10;1-13-11-7-9-5-3-2-4-8(9)6-10(11)12;1-13-10(12)9-6-7-4-2-3-5-8(7)11-9;1-6(9)7-4-2-3-5-8-7/h1-14H,(H,20,21);2-8,18H,1H3;2-3,6-7,11,15H,4-5,8-9H2,1H3;1-9,14H;2-7,12H,1H3;2-6,11H,1H3;2-5H,1H3. The summed E-state index contributed by atoms with van der Waals surface area (Å²) in [6.45, 7) is 6.77. The SMILES string of the molecule is CC(=NCC1CCCO1)c1ccccc1O.CC(=Nc1ccccc1)c1cc(Cl)cc(Cl)c1O.CC(=O)c1ccccn1.COC(=O)c1cc2ccccc2[nH]1.COc1cc2ccccc2cc1O.O=C(O)c1ccccc1P(c1ccccc1)c1ccccc1.O=C(c1ccccc1)c1ccccc1O. The summed E-state index contributed by atoms with van der Waals surface area (Å²) in [6, 6.07) is 89.0. The van der Waals surface area contributed by atoms with Crippen LogP contribution in [-0.4, -0.2) is 104 Å². The van der Waals surface area contributed by atoms with Gasteiger partial charge in [0.25, 0.3) is 0 Å². The number of carbonyl (C=O) groups excluding carboxylic acids is 3. The fourth-order valence-corrected chi connectivity index (χ4v) is 13.5. The number of para-hydroxylation sites is 4. The molecule has 1 aliphatic heterocycles. The topological polar surface area (TPSA) is 251 Å². The first-order valence-corrected chi connectivity index (χ1v) is 35.6. The number of aromatic amines is 1. The Morgan fingerprint density at radius 1 is 0.547 bits per heavy atom. The van der Waals surface area contributed by atoms with Gasteiger partial charge in [0, 0.05) is 63.8 Å². The van der Waals surface area contributed by atoms with E-state index in [-0.39, 0.29) is 51.7 Å². The number of phenolic OH excluding ortho intramolecular Hbond substituents is 4. The number of hydrogen-bond acceptors (Lipinski definition) is 14. The number of aromatic nitrogens is 2. The summed E-state index contributed by atoms with van der Waals surface area (Å²) in [6.07, 6.45) is 4.10. The number of Topliss-reactive ketones (excluding diaryl/α,β-unsaturated/α-hetero) is 1. The van der Waals surface area contributed by atoms with E-state index in [9.17, 15) is 44.7 Å². The average molecular weight is 1470 g/mol. The lowest BCUT2D eigenvalue weighted by atomic mass is 10.0. The van der Waals surface area contributed by atoms with Crippen LogP contribution in [-0.2, 0) is 9.47 Å². The molecule has 16 nitrogen and oxygen atoms in total. The number of methoxy groups -OCH3 is 2. The number of pyridine rings is 1. The molecule has 11 aromatic carbocycles. The summed E-state index contributed by atoms with van der Waals surface area (Å²) >= 11 is 11.8. The number of carboxylic acid groups (broad SMARTS) is 1. The second-order valence-corrected chi connectivity index (χ2v) is 26.4. The van der Waals surface area contributed by atoms with Crippen molar-refractivity contribution in [2.75, 3.05) is 27.4 Å². The number of aromatic hydroxyl groups is 4. The molecule has 13 aromatic rings. The summed E-state index contributed by atoms with van der Waals surface area (Å²) in [5.41, 5.74) is 6.94. The third-order valence-corrected chi connectivity index (χ3v) is 18.9. The van der Waals surface area contributed by atoms with E-state index in [1.165, 1.54) is 26.2 Å². The Hall–Kier alpha value is -12.0. The quantitative estimate of drug-likeness (QED) is 0.0257. The van der Waals surface area contributed by atoms with Crippen LogP contribution >= 0.6 is 31.1 Å². The van der Waals surface area contributed by atoms with E-state index in [0.717, 1.165) is 74.0 Å². The first-order valence-electron chi connectivity index (χ1n) is 33.5. The van der Waals surface area contributed by atoms with E-state index >= 15 is 0 Å². The number of esters is 1. The molecule has 0 spiro atoms. The number of ether oxygens (including phenoxy) is 3. The normalized spacial score (nSPS) is 12.1. The van der Waals surface area contributed by atoms with Gasteiger partial charge in [-0.25, -0.2) is 9.59 Å². The fourth-order valence-electron chi connectivity index (χ4n) is 10.6. The zero-order valence-electron chi connectivity index (χ0n) is 58.8. The number of H-pyrrole nitrogens is 1. The van der Waals surface area contributed by atoms with Crippen LogP contribution in [0.1, 0.15) is 92.0 Å². The zero-order chi connectivity index (χ0) is 75.7. The second-order valence-electron chi connectivity index (χ2n) is 23.3. The Balaban J connectivity index is 0.000000158. The molecule has 0 saturated carbocycles. The first kappa shape index (κ1) is 79.7. The van der Waals surface area contributed by atoms with Gasteiger partial charge in [-0.1, -0.05) is 223 Å². The number of nitrogens with one attached hydrogen (secondary N) is 1. The van der Waals surface area contributed by atoms with E-state index in [1.807, 2.05) is 165 Å². The Bertz CT molecular complexity index is 4990. The number of ketones is 2. The molecule has 19 heteroatoms. The number of halogens is 2. The van der Waals surface area contributed by atoms with Crippen LogP contribution in [0.15, 0.2) is 307 Å². The van der Waals surface area contributed by atoms with Crippen LogP contribution in [0.25, 0.3) is 21.7 Å². The van der Waals surface area contributed by atoms with Gasteiger partial charge in [-0.2, -0.15) is 0 Å². The third-order valence-electron chi connectivity index (χ3n) is 15.9. The average Bonchev–Trinajstić information content (AvgIpc) is 0.842. The number of benzene rings is 11. The fraction of sp³-hybridized carbons (Fsp3) is 0.115. The number of nitrogens with zero attached hydrogens (tertiary/aromatic N) is 3. The predicted octanol–water partition coefficient (Wildman–Crippen LogP) is 18.8. The second kappa shape index (κ2) is 41.3. The molecule has 1 saturated heterocycles. The molecular weight excluding hydrogens is 1390 g/mol. The van der Waals surface area contributed by atoms with Crippen LogP contribution < -0.4 is 20.7 Å². The van der Waals surface area contributed by atoms with Crippen molar-refractivity contribution in [1.82, 2.24) is 9.97 Å². The van der Waals surface area contributed by atoms with E-state index in [2.05, 4.69) is 49.0 Å². The predicted molar refractivity (Wildman–Crippen MR) is 427 cm³/mol. The third kappa shape index (κ3) is 23.8. The molecule has 538 valence electrons. The minimum absolute atomic E-state index is 0.00162. The highest BCUT2D eigenvalue weighted by Crippen LogP contribution is 2.36. The summed E-state index contributed by atoms with van der Waals surface area (Å²) in [4.78, 5) is 60.9. The number of hydrogen-bond donors (Lipinski definition) is 6.